The zero-order valence-electron chi connectivity index (χ0n) is 12.4. The second kappa shape index (κ2) is 7.01. The number of nitrogens with one attached hydrogen (secondary N) is 1. The predicted octanol–water partition coefficient (Wildman–Crippen LogP) is 5.52. The molecule has 114 valence electrons. The van der Waals surface area contributed by atoms with Gasteiger partial charge in [0.05, 0.1) is 5.02 Å². The van der Waals surface area contributed by atoms with E-state index in [1.165, 1.54) is 9.75 Å². The fourth-order valence-electron chi connectivity index (χ4n) is 1.69. The lowest BCUT2D eigenvalue weighted by atomic mass is 10.1. The number of halogens is 2. The molecule has 0 unspecified atom stereocenters. The molecule has 2 aromatic rings. The van der Waals surface area contributed by atoms with E-state index in [2.05, 4.69) is 38.2 Å². The summed E-state index contributed by atoms with van der Waals surface area (Å²) in [5.74, 6) is 0.656. The van der Waals surface area contributed by atoms with Crippen LogP contribution in [0.25, 0.3) is 0 Å². The van der Waals surface area contributed by atoms with Gasteiger partial charge in [0.1, 0.15) is 12.4 Å². The molecule has 0 bridgehead atoms. The number of thiophene rings is 1. The van der Waals surface area contributed by atoms with Crippen molar-refractivity contribution in [1.29, 1.82) is 0 Å². The van der Waals surface area contributed by atoms with Gasteiger partial charge in [0.25, 0.3) is 0 Å². The summed E-state index contributed by atoms with van der Waals surface area (Å²) in [6.07, 6.45) is 0. The van der Waals surface area contributed by atoms with Crippen LogP contribution < -0.4 is 10.1 Å². The average Bonchev–Trinajstić information content (AvgIpc) is 2.82. The fourth-order valence-corrected chi connectivity index (χ4v) is 3.02. The van der Waals surface area contributed by atoms with Gasteiger partial charge in [0.15, 0.2) is 0 Å². The van der Waals surface area contributed by atoms with Crippen molar-refractivity contribution < 1.29 is 4.74 Å². The molecule has 0 saturated heterocycles. The molecule has 2 rings (SSSR count). The highest BCUT2D eigenvalue weighted by atomic mass is 35.5. The van der Waals surface area contributed by atoms with Crippen LogP contribution in [0, 0.1) is 0 Å². The van der Waals surface area contributed by atoms with E-state index in [1.807, 2.05) is 0 Å². The van der Waals surface area contributed by atoms with Gasteiger partial charge in [-0.15, -0.1) is 11.3 Å². The van der Waals surface area contributed by atoms with Gasteiger partial charge in [0.2, 0.25) is 0 Å². The van der Waals surface area contributed by atoms with Gasteiger partial charge in [-0.05, 0) is 51.1 Å². The molecule has 1 heterocycles. The average molecular weight is 344 g/mol. The van der Waals surface area contributed by atoms with Crippen LogP contribution in [0.4, 0.5) is 0 Å². The molecule has 0 fully saturated rings. The van der Waals surface area contributed by atoms with Crippen LogP contribution in [-0.4, -0.2) is 5.54 Å². The van der Waals surface area contributed by atoms with Crippen LogP contribution in [0.3, 0.4) is 0 Å². The van der Waals surface area contributed by atoms with Crippen molar-refractivity contribution in [2.24, 2.45) is 0 Å². The van der Waals surface area contributed by atoms with Crippen molar-refractivity contribution in [1.82, 2.24) is 5.32 Å². The highest BCUT2D eigenvalue weighted by molar-refractivity contribution is 7.11. The summed E-state index contributed by atoms with van der Waals surface area (Å²) in [6.45, 7) is 7.87. The highest BCUT2D eigenvalue weighted by Crippen LogP contribution is 2.29. The van der Waals surface area contributed by atoms with Crippen molar-refractivity contribution in [2.45, 2.75) is 39.5 Å². The van der Waals surface area contributed by atoms with Crippen LogP contribution in [0.5, 0.6) is 5.75 Å². The Kier molecular flexibility index (Phi) is 5.55. The third-order valence-electron chi connectivity index (χ3n) is 2.77. The first-order valence-corrected chi connectivity index (χ1v) is 8.31. The quantitative estimate of drug-likeness (QED) is 0.771. The van der Waals surface area contributed by atoms with Gasteiger partial charge in [-0.3, -0.25) is 0 Å². The molecule has 1 aromatic heterocycles. The molecule has 0 aliphatic heterocycles. The third-order valence-corrected chi connectivity index (χ3v) is 4.36. The Morgan fingerprint density at radius 3 is 2.48 bits per heavy atom. The Balaban J connectivity index is 1.90. The van der Waals surface area contributed by atoms with Crippen LogP contribution in [0.2, 0.25) is 10.0 Å². The van der Waals surface area contributed by atoms with Crippen molar-refractivity contribution >= 4 is 34.5 Å². The monoisotopic (exact) mass is 343 g/mol. The molecule has 5 heteroatoms. The summed E-state index contributed by atoms with van der Waals surface area (Å²) in [5, 5.41) is 4.62. The summed E-state index contributed by atoms with van der Waals surface area (Å²) in [7, 11) is 0. The normalized spacial score (nSPS) is 11.7. The number of benzene rings is 1. The fraction of sp³-hybridized carbons (Fsp3) is 0.375. The van der Waals surface area contributed by atoms with Gasteiger partial charge in [-0.2, -0.15) is 0 Å². The van der Waals surface area contributed by atoms with E-state index in [-0.39, 0.29) is 5.54 Å². The maximum atomic E-state index is 6.08. The number of ether oxygens (including phenoxy) is 1. The van der Waals surface area contributed by atoms with E-state index in [0.29, 0.717) is 22.4 Å². The lowest BCUT2D eigenvalue weighted by molar-refractivity contribution is 0.310. The van der Waals surface area contributed by atoms with E-state index >= 15 is 0 Å². The number of hydrogen-bond donors (Lipinski definition) is 1. The summed E-state index contributed by atoms with van der Waals surface area (Å²) in [6, 6.07) is 9.47. The lowest BCUT2D eigenvalue weighted by Gasteiger charge is -2.19. The molecular weight excluding hydrogens is 325 g/mol. The third kappa shape index (κ3) is 5.51. The highest BCUT2D eigenvalue weighted by Gasteiger charge is 2.10. The topological polar surface area (TPSA) is 21.3 Å². The largest absolute Gasteiger partial charge is 0.487 e. The second-order valence-corrected chi connectivity index (χ2v) is 7.93. The lowest BCUT2D eigenvalue weighted by Crippen LogP contribution is -2.34. The Labute approximate surface area is 140 Å². The van der Waals surface area contributed by atoms with E-state index in [9.17, 15) is 0 Å². The van der Waals surface area contributed by atoms with Crippen LogP contribution in [-0.2, 0) is 13.2 Å². The second-order valence-electron chi connectivity index (χ2n) is 5.83. The van der Waals surface area contributed by atoms with E-state index in [4.69, 9.17) is 27.9 Å². The van der Waals surface area contributed by atoms with Crippen LogP contribution in [0.1, 0.15) is 30.5 Å². The molecular formula is C16H19Cl2NOS. The van der Waals surface area contributed by atoms with E-state index in [1.54, 1.807) is 29.5 Å². The van der Waals surface area contributed by atoms with Gasteiger partial charge in [-0.1, -0.05) is 23.2 Å². The SMILES string of the molecule is CC(C)(C)NCc1ccc(COc2ccc(Cl)cc2Cl)s1. The van der Waals surface area contributed by atoms with Crippen LogP contribution in [0.15, 0.2) is 30.3 Å². The molecule has 0 radical (unpaired) electrons. The summed E-state index contributed by atoms with van der Waals surface area (Å²) in [4.78, 5) is 2.47. The minimum absolute atomic E-state index is 0.123. The van der Waals surface area contributed by atoms with Gasteiger partial charge in [0, 0.05) is 26.9 Å². The van der Waals surface area contributed by atoms with Crippen molar-refractivity contribution in [3.63, 3.8) is 0 Å². The molecule has 1 N–H and O–H groups in total. The molecule has 0 amide bonds. The first kappa shape index (κ1) is 16.6. The standard InChI is InChI=1S/C16H19Cl2NOS/c1-16(2,3)19-9-12-5-6-13(21-12)10-20-15-7-4-11(17)8-14(15)18/h4-8,19H,9-10H2,1-3H3. The predicted molar refractivity (Wildman–Crippen MR) is 91.7 cm³/mol. The molecule has 0 atom stereocenters. The zero-order chi connectivity index (χ0) is 15.5. The molecule has 2 nitrogen and oxygen atoms in total. The maximum absolute atomic E-state index is 6.08. The molecule has 0 spiro atoms. The van der Waals surface area contributed by atoms with Crippen molar-refractivity contribution in [3.05, 3.63) is 50.1 Å². The van der Waals surface area contributed by atoms with Crippen LogP contribution >= 0.6 is 34.5 Å². The zero-order valence-corrected chi connectivity index (χ0v) is 14.7. The minimum atomic E-state index is 0.123. The number of hydrogen-bond acceptors (Lipinski definition) is 3. The van der Waals surface area contributed by atoms with Crippen molar-refractivity contribution in [3.8, 4) is 5.75 Å². The smallest absolute Gasteiger partial charge is 0.138 e. The first-order chi connectivity index (χ1) is 9.83. The molecule has 1 aromatic carbocycles. The summed E-state index contributed by atoms with van der Waals surface area (Å²) in [5.41, 5.74) is 0.123. The molecule has 0 aliphatic rings. The molecule has 0 saturated carbocycles. The summed E-state index contributed by atoms with van der Waals surface area (Å²) >= 11 is 13.7. The van der Waals surface area contributed by atoms with Gasteiger partial charge < -0.3 is 10.1 Å². The van der Waals surface area contributed by atoms with E-state index < -0.39 is 0 Å². The maximum Gasteiger partial charge on any atom is 0.138 e. The van der Waals surface area contributed by atoms with Gasteiger partial charge in [-0.25, -0.2) is 0 Å². The number of rotatable bonds is 5. The van der Waals surface area contributed by atoms with E-state index in [0.717, 1.165) is 6.54 Å². The Morgan fingerprint density at radius 1 is 1.10 bits per heavy atom. The van der Waals surface area contributed by atoms with Gasteiger partial charge >= 0.3 is 0 Å². The first-order valence-electron chi connectivity index (χ1n) is 6.74. The Hall–Kier alpha value is -0.740. The Bertz CT molecular complexity index is 605. The molecule has 21 heavy (non-hydrogen) atoms. The van der Waals surface area contributed by atoms with Crippen molar-refractivity contribution in [2.75, 3.05) is 0 Å². The Morgan fingerprint density at radius 2 is 1.81 bits per heavy atom. The minimum Gasteiger partial charge on any atom is -0.487 e. The molecule has 0 aliphatic carbocycles. The summed E-state index contributed by atoms with van der Waals surface area (Å²) < 4.78 is 5.74.